The average Bonchev–Trinajstić information content (AvgIpc) is 2.91. The fraction of sp³-hybridized carbons (Fsp3) is 0.667. The number of hydrogen-bond acceptors (Lipinski definition) is 3. The SMILES string of the molecule is Cc1ccc(N2CC3(CCCC3)NCC2C)cc1N(C)C. The highest BCUT2D eigenvalue weighted by Gasteiger charge is 2.40. The van der Waals surface area contributed by atoms with Crippen LogP contribution in [0.2, 0.25) is 0 Å². The molecule has 0 bridgehead atoms. The summed E-state index contributed by atoms with van der Waals surface area (Å²) in [4.78, 5) is 4.84. The van der Waals surface area contributed by atoms with Gasteiger partial charge in [-0.2, -0.15) is 0 Å². The Hall–Kier alpha value is -1.22. The maximum absolute atomic E-state index is 3.84. The Labute approximate surface area is 129 Å². The molecule has 1 aliphatic heterocycles. The highest BCUT2D eigenvalue weighted by atomic mass is 15.3. The molecule has 116 valence electrons. The Morgan fingerprint density at radius 3 is 2.62 bits per heavy atom. The van der Waals surface area contributed by atoms with Gasteiger partial charge in [-0.3, -0.25) is 0 Å². The van der Waals surface area contributed by atoms with Crippen molar-refractivity contribution in [1.82, 2.24) is 5.32 Å². The van der Waals surface area contributed by atoms with E-state index in [9.17, 15) is 0 Å². The lowest BCUT2D eigenvalue weighted by atomic mass is 9.92. The summed E-state index contributed by atoms with van der Waals surface area (Å²) in [5.41, 5.74) is 4.43. The predicted molar refractivity (Wildman–Crippen MR) is 91.5 cm³/mol. The van der Waals surface area contributed by atoms with Gasteiger partial charge in [0, 0.05) is 50.1 Å². The number of piperazine rings is 1. The molecule has 1 atom stereocenters. The van der Waals surface area contributed by atoms with E-state index in [-0.39, 0.29) is 0 Å². The van der Waals surface area contributed by atoms with E-state index in [4.69, 9.17) is 0 Å². The number of anilines is 2. The van der Waals surface area contributed by atoms with Crippen LogP contribution in [-0.4, -0.2) is 38.8 Å². The minimum atomic E-state index is 0.371. The van der Waals surface area contributed by atoms with Crippen LogP contribution < -0.4 is 15.1 Å². The third-order valence-corrected chi connectivity index (χ3v) is 5.34. The summed E-state index contributed by atoms with van der Waals surface area (Å²) in [6, 6.07) is 7.49. The van der Waals surface area contributed by atoms with E-state index in [0.717, 1.165) is 13.1 Å². The van der Waals surface area contributed by atoms with Gasteiger partial charge in [0.25, 0.3) is 0 Å². The molecular formula is C18H29N3. The third kappa shape index (κ3) is 2.76. The maximum atomic E-state index is 3.84. The molecule has 1 unspecified atom stereocenters. The van der Waals surface area contributed by atoms with E-state index in [1.165, 1.54) is 42.6 Å². The summed E-state index contributed by atoms with van der Waals surface area (Å²) >= 11 is 0. The summed E-state index contributed by atoms with van der Waals surface area (Å²) < 4.78 is 0. The lowest BCUT2D eigenvalue weighted by molar-refractivity contribution is 0.276. The van der Waals surface area contributed by atoms with Crippen molar-refractivity contribution in [2.45, 2.75) is 51.1 Å². The molecule has 21 heavy (non-hydrogen) atoms. The van der Waals surface area contributed by atoms with Gasteiger partial charge in [-0.05, 0) is 44.4 Å². The Morgan fingerprint density at radius 1 is 1.24 bits per heavy atom. The van der Waals surface area contributed by atoms with Gasteiger partial charge in [-0.15, -0.1) is 0 Å². The van der Waals surface area contributed by atoms with E-state index < -0.39 is 0 Å². The first-order valence-electron chi connectivity index (χ1n) is 8.30. The first-order valence-corrected chi connectivity index (χ1v) is 8.30. The van der Waals surface area contributed by atoms with Crippen LogP contribution in [0.25, 0.3) is 0 Å². The van der Waals surface area contributed by atoms with Gasteiger partial charge in [-0.1, -0.05) is 18.9 Å². The standard InChI is InChI=1S/C18H29N3/c1-14-7-8-16(11-17(14)20(3)4)21-13-18(9-5-6-10-18)19-12-15(21)2/h7-8,11,15,19H,5-6,9-10,12-13H2,1-4H3. The highest BCUT2D eigenvalue weighted by Crippen LogP contribution is 2.36. The van der Waals surface area contributed by atoms with Crippen LogP contribution in [-0.2, 0) is 0 Å². The first kappa shape index (κ1) is 14.7. The number of rotatable bonds is 2. The van der Waals surface area contributed by atoms with Gasteiger partial charge in [0.15, 0.2) is 0 Å². The van der Waals surface area contributed by atoms with E-state index in [1.807, 2.05) is 0 Å². The Kier molecular flexibility index (Phi) is 3.87. The summed E-state index contributed by atoms with van der Waals surface area (Å²) in [5.74, 6) is 0. The molecule has 1 spiro atoms. The summed E-state index contributed by atoms with van der Waals surface area (Å²) in [5, 5.41) is 3.84. The van der Waals surface area contributed by atoms with Crippen LogP contribution in [0.1, 0.15) is 38.2 Å². The van der Waals surface area contributed by atoms with E-state index in [1.54, 1.807) is 0 Å². The lowest BCUT2D eigenvalue weighted by Gasteiger charge is -2.46. The number of nitrogens with one attached hydrogen (secondary N) is 1. The molecule has 1 aromatic carbocycles. The molecule has 2 aliphatic rings. The monoisotopic (exact) mass is 287 g/mol. The largest absolute Gasteiger partial charge is 0.377 e. The van der Waals surface area contributed by atoms with Crippen LogP contribution >= 0.6 is 0 Å². The molecule has 1 aromatic rings. The van der Waals surface area contributed by atoms with Crippen LogP contribution in [0.15, 0.2) is 18.2 Å². The third-order valence-electron chi connectivity index (χ3n) is 5.34. The molecular weight excluding hydrogens is 258 g/mol. The van der Waals surface area contributed by atoms with Crippen LogP contribution in [0.4, 0.5) is 11.4 Å². The van der Waals surface area contributed by atoms with Crippen LogP contribution in [0.3, 0.4) is 0 Å². The second kappa shape index (κ2) is 5.53. The number of benzene rings is 1. The quantitative estimate of drug-likeness (QED) is 0.901. The molecule has 1 aliphatic carbocycles. The van der Waals surface area contributed by atoms with Gasteiger partial charge in [0.05, 0.1) is 0 Å². The van der Waals surface area contributed by atoms with Crippen LogP contribution in [0, 0.1) is 6.92 Å². The molecule has 2 fully saturated rings. The zero-order valence-corrected chi connectivity index (χ0v) is 13.9. The van der Waals surface area contributed by atoms with Crippen molar-refractivity contribution in [2.24, 2.45) is 0 Å². The van der Waals surface area contributed by atoms with Crippen molar-refractivity contribution in [3.05, 3.63) is 23.8 Å². The Balaban J connectivity index is 1.89. The van der Waals surface area contributed by atoms with Crippen molar-refractivity contribution in [1.29, 1.82) is 0 Å². The topological polar surface area (TPSA) is 18.5 Å². The van der Waals surface area contributed by atoms with Gasteiger partial charge in [-0.25, -0.2) is 0 Å². The molecule has 3 rings (SSSR count). The molecule has 0 amide bonds. The predicted octanol–water partition coefficient (Wildman–Crippen LogP) is 3.17. The zero-order valence-electron chi connectivity index (χ0n) is 13.9. The minimum Gasteiger partial charge on any atom is -0.377 e. The molecule has 1 N–H and O–H groups in total. The van der Waals surface area contributed by atoms with Crippen LogP contribution in [0.5, 0.6) is 0 Å². The van der Waals surface area contributed by atoms with Crippen molar-refractivity contribution in [2.75, 3.05) is 37.0 Å². The number of hydrogen-bond donors (Lipinski definition) is 1. The molecule has 3 heteroatoms. The van der Waals surface area contributed by atoms with E-state index in [2.05, 4.69) is 61.3 Å². The number of aryl methyl sites for hydroxylation is 1. The fourth-order valence-corrected chi connectivity index (χ4v) is 4.00. The second-order valence-corrected chi connectivity index (χ2v) is 7.21. The number of nitrogens with zero attached hydrogens (tertiary/aromatic N) is 2. The second-order valence-electron chi connectivity index (χ2n) is 7.21. The maximum Gasteiger partial charge on any atom is 0.0411 e. The normalized spacial score (nSPS) is 24.6. The fourth-order valence-electron chi connectivity index (χ4n) is 4.00. The Morgan fingerprint density at radius 2 is 1.95 bits per heavy atom. The molecule has 1 saturated heterocycles. The summed E-state index contributed by atoms with van der Waals surface area (Å²) in [6.45, 7) is 6.79. The summed E-state index contributed by atoms with van der Waals surface area (Å²) in [7, 11) is 4.26. The van der Waals surface area contributed by atoms with E-state index in [0.29, 0.717) is 11.6 Å². The highest BCUT2D eigenvalue weighted by molar-refractivity contribution is 5.63. The smallest absolute Gasteiger partial charge is 0.0411 e. The van der Waals surface area contributed by atoms with Gasteiger partial charge in [0.2, 0.25) is 0 Å². The van der Waals surface area contributed by atoms with Gasteiger partial charge >= 0.3 is 0 Å². The summed E-state index contributed by atoms with van der Waals surface area (Å²) in [6.07, 6.45) is 5.43. The first-order chi connectivity index (χ1) is 10.0. The van der Waals surface area contributed by atoms with Crippen molar-refractivity contribution in [3.63, 3.8) is 0 Å². The van der Waals surface area contributed by atoms with Gasteiger partial charge < -0.3 is 15.1 Å². The Bertz CT molecular complexity index is 503. The van der Waals surface area contributed by atoms with Crippen molar-refractivity contribution in [3.8, 4) is 0 Å². The zero-order chi connectivity index (χ0) is 15.0. The van der Waals surface area contributed by atoms with Crippen molar-refractivity contribution >= 4 is 11.4 Å². The van der Waals surface area contributed by atoms with E-state index >= 15 is 0 Å². The average molecular weight is 287 g/mol. The van der Waals surface area contributed by atoms with Crippen molar-refractivity contribution < 1.29 is 0 Å². The molecule has 0 aromatic heterocycles. The van der Waals surface area contributed by atoms with Gasteiger partial charge in [0.1, 0.15) is 0 Å². The molecule has 1 heterocycles. The molecule has 3 nitrogen and oxygen atoms in total. The minimum absolute atomic E-state index is 0.371. The molecule has 0 radical (unpaired) electrons. The lowest BCUT2D eigenvalue weighted by Crippen LogP contribution is -2.62. The molecule has 1 saturated carbocycles.